The minimum Gasteiger partial charge on any atom is -0.342 e. The molecule has 0 saturated carbocycles. The van der Waals surface area contributed by atoms with Gasteiger partial charge < -0.3 is 9.80 Å². The van der Waals surface area contributed by atoms with Gasteiger partial charge in [0, 0.05) is 26.1 Å². The van der Waals surface area contributed by atoms with Gasteiger partial charge in [-0.3, -0.25) is 9.59 Å². The number of sulfone groups is 1. The van der Waals surface area contributed by atoms with Crippen molar-refractivity contribution in [3.8, 4) is 0 Å². The molecule has 0 aromatic carbocycles. The van der Waals surface area contributed by atoms with E-state index in [-0.39, 0.29) is 35.9 Å². The van der Waals surface area contributed by atoms with Gasteiger partial charge in [0.1, 0.15) is 6.54 Å². The number of nitrogens with zero attached hydrogens (tertiary/aromatic N) is 2. The van der Waals surface area contributed by atoms with Gasteiger partial charge in [-0.25, -0.2) is 8.42 Å². The lowest BCUT2D eigenvalue weighted by molar-refractivity contribution is -0.140. The molecule has 0 aromatic rings. The van der Waals surface area contributed by atoms with Crippen LogP contribution in [0.25, 0.3) is 0 Å². The van der Waals surface area contributed by atoms with Crippen LogP contribution in [0, 0.1) is 0 Å². The number of amides is 2. The lowest BCUT2D eigenvalue weighted by Crippen LogP contribution is -2.47. The molecule has 2 amide bonds. The number of carbonyl (C=O) groups excluding carboxylic acids is 2. The summed E-state index contributed by atoms with van der Waals surface area (Å²) in [5.74, 6) is -0.314. The minimum atomic E-state index is -3.06. The third kappa shape index (κ3) is 4.19. The number of hydrogen-bond acceptors (Lipinski definition) is 4. The zero-order chi connectivity index (χ0) is 14.6. The van der Waals surface area contributed by atoms with Gasteiger partial charge in [-0.2, -0.15) is 0 Å². The van der Waals surface area contributed by atoms with Gasteiger partial charge in [0.2, 0.25) is 11.8 Å². The Morgan fingerprint density at radius 2 is 1.79 bits per heavy atom. The molecule has 0 bridgehead atoms. The van der Waals surface area contributed by atoms with Gasteiger partial charge in [-0.05, 0) is 20.3 Å². The van der Waals surface area contributed by atoms with Crippen LogP contribution in [-0.2, 0) is 19.4 Å². The van der Waals surface area contributed by atoms with E-state index in [1.807, 2.05) is 13.8 Å². The SMILES string of the molecule is CCN(CC)C(=O)CN(C(C)=O)C1CCS(=O)(=O)C1. The molecule has 0 radical (unpaired) electrons. The van der Waals surface area contributed by atoms with Gasteiger partial charge in [-0.1, -0.05) is 0 Å². The highest BCUT2D eigenvalue weighted by molar-refractivity contribution is 7.91. The summed E-state index contributed by atoms with van der Waals surface area (Å²) in [5, 5.41) is 0. The van der Waals surface area contributed by atoms with Crippen molar-refractivity contribution in [3.63, 3.8) is 0 Å². The largest absolute Gasteiger partial charge is 0.342 e. The molecule has 6 nitrogen and oxygen atoms in total. The molecule has 1 atom stereocenters. The molecule has 1 rings (SSSR count). The molecular formula is C12H22N2O4S. The van der Waals surface area contributed by atoms with Crippen molar-refractivity contribution in [2.75, 3.05) is 31.1 Å². The first kappa shape index (κ1) is 15.9. The van der Waals surface area contributed by atoms with Crippen molar-refractivity contribution >= 4 is 21.7 Å². The summed E-state index contributed by atoms with van der Waals surface area (Å²) < 4.78 is 22.9. The highest BCUT2D eigenvalue weighted by atomic mass is 32.2. The second-order valence-corrected chi connectivity index (χ2v) is 7.00. The van der Waals surface area contributed by atoms with E-state index < -0.39 is 9.84 Å². The predicted molar refractivity (Wildman–Crippen MR) is 72.4 cm³/mol. The Bertz CT molecular complexity index is 443. The van der Waals surface area contributed by atoms with Gasteiger partial charge in [-0.15, -0.1) is 0 Å². The molecule has 1 saturated heterocycles. The van der Waals surface area contributed by atoms with Crippen LogP contribution in [0.2, 0.25) is 0 Å². The predicted octanol–water partition coefficient (Wildman–Crippen LogP) is -0.110. The average Bonchev–Trinajstić information content (AvgIpc) is 2.67. The lowest BCUT2D eigenvalue weighted by atomic mass is 10.2. The van der Waals surface area contributed by atoms with Crippen LogP contribution in [0.4, 0.5) is 0 Å². The number of likely N-dealkylation sites (N-methyl/N-ethyl adjacent to an activating group) is 1. The van der Waals surface area contributed by atoms with Crippen molar-refractivity contribution in [1.29, 1.82) is 0 Å². The highest BCUT2D eigenvalue weighted by Crippen LogP contribution is 2.18. The molecule has 1 aliphatic rings. The van der Waals surface area contributed by atoms with Gasteiger partial charge in [0.15, 0.2) is 9.84 Å². The van der Waals surface area contributed by atoms with E-state index in [1.165, 1.54) is 11.8 Å². The fourth-order valence-corrected chi connectivity index (χ4v) is 4.07. The second kappa shape index (κ2) is 6.36. The maximum atomic E-state index is 12.0. The van der Waals surface area contributed by atoms with E-state index in [0.717, 1.165) is 0 Å². The molecule has 0 spiro atoms. The first-order valence-electron chi connectivity index (χ1n) is 6.56. The summed E-state index contributed by atoms with van der Waals surface area (Å²) >= 11 is 0. The number of rotatable bonds is 5. The Hall–Kier alpha value is -1.11. The standard InChI is InChI=1S/C12H22N2O4S/c1-4-13(5-2)12(16)8-14(10(3)15)11-6-7-19(17,18)9-11/h11H,4-9H2,1-3H3. The normalized spacial score (nSPS) is 21.1. The smallest absolute Gasteiger partial charge is 0.242 e. The fraction of sp³-hybridized carbons (Fsp3) is 0.833. The molecule has 1 fully saturated rings. The molecule has 0 aliphatic carbocycles. The molecular weight excluding hydrogens is 268 g/mol. The molecule has 0 aromatic heterocycles. The summed E-state index contributed by atoms with van der Waals surface area (Å²) in [6.07, 6.45) is 0.424. The van der Waals surface area contributed by atoms with Crippen LogP contribution < -0.4 is 0 Å². The second-order valence-electron chi connectivity index (χ2n) is 4.77. The molecule has 7 heteroatoms. The molecule has 110 valence electrons. The van der Waals surface area contributed by atoms with Gasteiger partial charge in [0.25, 0.3) is 0 Å². The van der Waals surface area contributed by atoms with E-state index in [1.54, 1.807) is 4.90 Å². The van der Waals surface area contributed by atoms with E-state index in [0.29, 0.717) is 19.5 Å². The first-order valence-corrected chi connectivity index (χ1v) is 8.38. The first-order chi connectivity index (χ1) is 8.80. The Kier molecular flexibility index (Phi) is 5.34. The van der Waals surface area contributed by atoms with Crippen LogP contribution in [0.5, 0.6) is 0 Å². The van der Waals surface area contributed by atoms with Crippen molar-refractivity contribution in [3.05, 3.63) is 0 Å². The van der Waals surface area contributed by atoms with Gasteiger partial charge in [0.05, 0.1) is 11.5 Å². The molecule has 1 heterocycles. The summed E-state index contributed by atoms with van der Waals surface area (Å²) in [6, 6.07) is -0.359. The van der Waals surface area contributed by atoms with Crippen LogP contribution in [-0.4, -0.2) is 67.2 Å². The van der Waals surface area contributed by atoms with E-state index in [2.05, 4.69) is 0 Å². The average molecular weight is 290 g/mol. The zero-order valence-electron chi connectivity index (χ0n) is 11.8. The van der Waals surface area contributed by atoms with Gasteiger partial charge >= 0.3 is 0 Å². The maximum Gasteiger partial charge on any atom is 0.242 e. The van der Waals surface area contributed by atoms with Crippen molar-refractivity contribution in [2.24, 2.45) is 0 Å². The molecule has 0 N–H and O–H groups in total. The fourth-order valence-electron chi connectivity index (χ4n) is 2.34. The summed E-state index contributed by atoms with van der Waals surface area (Å²) in [7, 11) is -3.06. The van der Waals surface area contributed by atoms with Crippen LogP contribution in [0.15, 0.2) is 0 Å². The summed E-state index contributed by atoms with van der Waals surface area (Å²) in [5.41, 5.74) is 0. The molecule has 19 heavy (non-hydrogen) atoms. The van der Waals surface area contributed by atoms with E-state index >= 15 is 0 Å². The topological polar surface area (TPSA) is 74.8 Å². The van der Waals surface area contributed by atoms with Crippen molar-refractivity contribution in [2.45, 2.75) is 33.2 Å². The van der Waals surface area contributed by atoms with E-state index in [4.69, 9.17) is 0 Å². The Labute approximate surface area is 114 Å². The zero-order valence-corrected chi connectivity index (χ0v) is 12.6. The quantitative estimate of drug-likeness (QED) is 0.708. The Balaban J connectivity index is 2.75. The number of hydrogen-bond donors (Lipinski definition) is 0. The van der Waals surface area contributed by atoms with Crippen LogP contribution in [0.1, 0.15) is 27.2 Å². The lowest BCUT2D eigenvalue weighted by Gasteiger charge is -2.29. The summed E-state index contributed by atoms with van der Waals surface area (Å²) in [6.45, 7) is 6.27. The third-order valence-electron chi connectivity index (χ3n) is 3.48. The van der Waals surface area contributed by atoms with E-state index in [9.17, 15) is 18.0 Å². The van der Waals surface area contributed by atoms with Crippen LogP contribution >= 0.6 is 0 Å². The third-order valence-corrected chi connectivity index (χ3v) is 5.23. The van der Waals surface area contributed by atoms with Crippen LogP contribution in [0.3, 0.4) is 0 Å². The maximum absolute atomic E-state index is 12.0. The molecule has 1 aliphatic heterocycles. The monoisotopic (exact) mass is 290 g/mol. The van der Waals surface area contributed by atoms with Crippen molar-refractivity contribution < 1.29 is 18.0 Å². The number of carbonyl (C=O) groups is 2. The minimum absolute atomic E-state index is 0.0297. The molecule has 1 unspecified atom stereocenters. The van der Waals surface area contributed by atoms with Crippen molar-refractivity contribution in [1.82, 2.24) is 9.80 Å². The highest BCUT2D eigenvalue weighted by Gasteiger charge is 2.34. The Morgan fingerprint density at radius 3 is 2.16 bits per heavy atom. The summed E-state index contributed by atoms with van der Waals surface area (Å²) in [4.78, 5) is 26.7. The Morgan fingerprint density at radius 1 is 1.21 bits per heavy atom.